The molecule has 2 aromatic heterocycles. The van der Waals surface area contributed by atoms with Crippen LogP contribution in [0.1, 0.15) is 48.4 Å². The van der Waals surface area contributed by atoms with Crippen LogP contribution in [0.4, 0.5) is 0 Å². The van der Waals surface area contributed by atoms with Crippen molar-refractivity contribution in [3.63, 3.8) is 0 Å². The molecule has 0 aliphatic carbocycles. The third-order valence-electron chi connectivity index (χ3n) is 5.10. The molecular formula is C20H23N5O2. The number of benzene rings is 1. The van der Waals surface area contributed by atoms with E-state index in [1.807, 2.05) is 36.1 Å². The van der Waals surface area contributed by atoms with Crippen LogP contribution in [-0.4, -0.2) is 43.6 Å². The molecule has 0 unspecified atom stereocenters. The minimum Gasteiger partial charge on any atom is -0.342 e. The fourth-order valence-electron chi connectivity index (χ4n) is 3.62. The summed E-state index contributed by atoms with van der Waals surface area (Å²) >= 11 is 0. The number of carbonyl (C=O) groups excluding carboxylic acids is 1. The second-order valence-corrected chi connectivity index (χ2v) is 6.99. The molecule has 0 spiro atoms. The van der Waals surface area contributed by atoms with Gasteiger partial charge in [0.05, 0.1) is 11.0 Å². The number of aryl methyl sites for hydroxylation is 1. The normalized spacial score (nSPS) is 15.4. The van der Waals surface area contributed by atoms with Crippen molar-refractivity contribution >= 4 is 16.9 Å². The first-order valence-electron chi connectivity index (χ1n) is 9.48. The number of imidazole rings is 1. The highest BCUT2D eigenvalue weighted by molar-refractivity contribution is 5.92. The van der Waals surface area contributed by atoms with Crippen molar-refractivity contribution < 1.29 is 4.79 Å². The summed E-state index contributed by atoms with van der Waals surface area (Å²) in [5, 5.41) is 4.24. The third kappa shape index (κ3) is 3.49. The molecular weight excluding hydrogens is 342 g/mol. The van der Waals surface area contributed by atoms with E-state index in [2.05, 4.69) is 10.1 Å². The van der Waals surface area contributed by atoms with Crippen molar-refractivity contribution in [1.82, 2.24) is 24.6 Å². The number of amides is 1. The summed E-state index contributed by atoms with van der Waals surface area (Å²) in [7, 11) is 0. The summed E-state index contributed by atoms with van der Waals surface area (Å²) in [6, 6.07) is 11.0. The summed E-state index contributed by atoms with van der Waals surface area (Å²) in [4.78, 5) is 34.5. The van der Waals surface area contributed by atoms with E-state index >= 15 is 0 Å². The van der Waals surface area contributed by atoms with Crippen LogP contribution in [0.2, 0.25) is 0 Å². The first kappa shape index (κ1) is 17.5. The molecule has 1 fully saturated rings. The smallest absolute Gasteiger partial charge is 0.274 e. The van der Waals surface area contributed by atoms with Gasteiger partial charge in [-0.3, -0.25) is 9.59 Å². The van der Waals surface area contributed by atoms with Gasteiger partial charge in [-0.1, -0.05) is 19.1 Å². The number of likely N-dealkylation sites (tertiary alicyclic amines) is 1. The Morgan fingerprint density at radius 3 is 2.70 bits per heavy atom. The predicted molar refractivity (Wildman–Crippen MR) is 103 cm³/mol. The number of rotatable bonds is 4. The van der Waals surface area contributed by atoms with Gasteiger partial charge in [0.15, 0.2) is 0 Å². The first-order chi connectivity index (χ1) is 13.2. The van der Waals surface area contributed by atoms with Crippen LogP contribution in [0.5, 0.6) is 0 Å². The van der Waals surface area contributed by atoms with Gasteiger partial charge in [-0.25, -0.2) is 9.67 Å². The predicted octanol–water partition coefficient (Wildman–Crippen LogP) is 2.55. The van der Waals surface area contributed by atoms with Gasteiger partial charge in [0.2, 0.25) is 0 Å². The van der Waals surface area contributed by atoms with E-state index < -0.39 is 0 Å². The highest BCUT2D eigenvalue weighted by Gasteiger charge is 2.27. The topological polar surface area (TPSA) is 83.9 Å². The van der Waals surface area contributed by atoms with Gasteiger partial charge in [-0.05, 0) is 37.5 Å². The maximum absolute atomic E-state index is 12.8. The molecule has 140 valence electrons. The molecule has 7 heteroatoms. The maximum atomic E-state index is 12.8. The summed E-state index contributed by atoms with van der Waals surface area (Å²) in [6.45, 7) is 3.82. The van der Waals surface area contributed by atoms with Gasteiger partial charge in [-0.2, -0.15) is 5.10 Å². The van der Waals surface area contributed by atoms with Gasteiger partial charge in [-0.15, -0.1) is 0 Å². The molecule has 4 rings (SSSR count). The van der Waals surface area contributed by atoms with Gasteiger partial charge in [0, 0.05) is 31.6 Å². The molecule has 27 heavy (non-hydrogen) atoms. The number of carbonyl (C=O) groups is 1. The minimum absolute atomic E-state index is 0.108. The summed E-state index contributed by atoms with van der Waals surface area (Å²) in [5.41, 5.74) is 2.20. The van der Waals surface area contributed by atoms with Crippen molar-refractivity contribution in [3.05, 3.63) is 58.3 Å². The lowest BCUT2D eigenvalue weighted by Gasteiger charge is -2.30. The average molecular weight is 365 g/mol. The number of fused-ring (bicyclic) bond motifs is 1. The largest absolute Gasteiger partial charge is 0.342 e. The molecule has 1 aromatic carbocycles. The number of nitrogens with zero attached hydrogens (tertiary/aromatic N) is 4. The van der Waals surface area contributed by atoms with Crippen LogP contribution in [0.15, 0.2) is 41.2 Å². The van der Waals surface area contributed by atoms with Gasteiger partial charge < -0.3 is 9.88 Å². The van der Waals surface area contributed by atoms with Crippen LogP contribution >= 0.6 is 0 Å². The summed E-state index contributed by atoms with van der Waals surface area (Å²) in [6.07, 6.45) is 2.52. The van der Waals surface area contributed by atoms with E-state index in [1.165, 1.54) is 16.8 Å². The Morgan fingerprint density at radius 2 is 1.96 bits per heavy atom. The quantitative estimate of drug-likeness (QED) is 0.770. The zero-order valence-electron chi connectivity index (χ0n) is 15.4. The molecule has 7 nitrogen and oxygen atoms in total. The summed E-state index contributed by atoms with van der Waals surface area (Å²) in [5.74, 6) is 1.21. The van der Waals surface area contributed by atoms with Crippen LogP contribution in [0.3, 0.4) is 0 Å². The number of nitrogens with one attached hydrogen (secondary N) is 1. The molecule has 1 N–H and O–H groups in total. The zero-order chi connectivity index (χ0) is 18.8. The molecule has 1 saturated heterocycles. The van der Waals surface area contributed by atoms with E-state index in [4.69, 9.17) is 4.98 Å². The molecule has 1 aliphatic rings. The Morgan fingerprint density at radius 1 is 1.19 bits per heavy atom. The van der Waals surface area contributed by atoms with E-state index in [0.717, 1.165) is 36.1 Å². The molecule has 1 amide bonds. The van der Waals surface area contributed by atoms with E-state index in [1.54, 1.807) is 0 Å². The number of para-hydroxylation sites is 2. The lowest BCUT2D eigenvalue weighted by molar-refractivity contribution is 0.0702. The highest BCUT2D eigenvalue weighted by Crippen LogP contribution is 2.28. The van der Waals surface area contributed by atoms with Crippen molar-refractivity contribution in [2.75, 3.05) is 13.1 Å². The minimum atomic E-state index is -0.169. The Labute approximate surface area is 157 Å². The van der Waals surface area contributed by atoms with Gasteiger partial charge in [0.1, 0.15) is 11.5 Å². The fourth-order valence-corrected chi connectivity index (χ4v) is 3.62. The second kappa shape index (κ2) is 7.34. The Bertz CT molecular complexity index is 981. The maximum Gasteiger partial charge on any atom is 0.274 e. The summed E-state index contributed by atoms with van der Waals surface area (Å²) < 4.78 is 1.37. The number of aromatic amines is 1. The molecule has 0 radical (unpaired) electrons. The van der Waals surface area contributed by atoms with E-state index in [9.17, 15) is 9.59 Å². The molecule has 3 aromatic rings. The van der Waals surface area contributed by atoms with Crippen molar-refractivity contribution in [3.8, 4) is 0 Å². The number of hydrogen-bond donors (Lipinski definition) is 1. The highest BCUT2D eigenvalue weighted by atomic mass is 16.2. The molecule has 0 bridgehead atoms. The van der Waals surface area contributed by atoms with Crippen molar-refractivity contribution in [2.45, 2.75) is 38.6 Å². The van der Waals surface area contributed by atoms with Crippen LogP contribution < -0.4 is 5.56 Å². The lowest BCUT2D eigenvalue weighted by atomic mass is 9.96. The van der Waals surface area contributed by atoms with Crippen molar-refractivity contribution in [2.24, 2.45) is 0 Å². The molecule has 3 heterocycles. The zero-order valence-corrected chi connectivity index (χ0v) is 15.4. The van der Waals surface area contributed by atoms with Crippen LogP contribution in [-0.2, 0) is 6.54 Å². The monoisotopic (exact) mass is 365 g/mol. The molecule has 0 atom stereocenters. The Kier molecular flexibility index (Phi) is 4.75. The number of piperidine rings is 1. The fraction of sp³-hybridized carbons (Fsp3) is 0.400. The second-order valence-electron chi connectivity index (χ2n) is 6.99. The van der Waals surface area contributed by atoms with Gasteiger partial charge >= 0.3 is 0 Å². The number of aromatic nitrogens is 4. The molecule has 0 saturated carbocycles. The number of hydrogen-bond acceptors (Lipinski definition) is 4. The van der Waals surface area contributed by atoms with E-state index in [-0.39, 0.29) is 11.5 Å². The number of H-pyrrole nitrogens is 1. The van der Waals surface area contributed by atoms with E-state index in [0.29, 0.717) is 31.2 Å². The van der Waals surface area contributed by atoms with Gasteiger partial charge in [0.25, 0.3) is 11.5 Å². The lowest BCUT2D eigenvalue weighted by Crippen LogP contribution is -2.39. The SMILES string of the molecule is CCCn1nc(C(=O)N2CCC(c3nc4ccccc4[nH]3)CC2)ccc1=O. The van der Waals surface area contributed by atoms with Crippen LogP contribution in [0, 0.1) is 0 Å². The first-order valence-corrected chi connectivity index (χ1v) is 9.48. The Hall–Kier alpha value is -2.96. The Balaban J connectivity index is 1.45. The standard InChI is InChI=1S/C20H23N5O2/c1-2-11-25-18(26)8-7-17(23-25)20(27)24-12-9-14(10-13-24)19-21-15-5-3-4-6-16(15)22-19/h3-8,14H,2,9-13H2,1H3,(H,21,22). The third-order valence-corrected chi connectivity index (χ3v) is 5.10. The average Bonchev–Trinajstić information content (AvgIpc) is 3.14. The molecule has 1 aliphatic heterocycles. The van der Waals surface area contributed by atoms with Crippen molar-refractivity contribution in [1.29, 1.82) is 0 Å². The van der Waals surface area contributed by atoms with Crippen LogP contribution in [0.25, 0.3) is 11.0 Å².